The van der Waals surface area contributed by atoms with Gasteiger partial charge in [-0.1, -0.05) is 79.7 Å². The van der Waals surface area contributed by atoms with Crippen molar-refractivity contribution in [1.29, 1.82) is 0 Å². The fourth-order valence-corrected chi connectivity index (χ4v) is 4.77. The number of nitrogens with zero attached hydrogens (tertiary/aromatic N) is 1. The molecule has 0 unspecified atom stereocenters. The van der Waals surface area contributed by atoms with Crippen molar-refractivity contribution >= 4 is 34.0 Å². The lowest BCUT2D eigenvalue weighted by Gasteiger charge is -2.20. The number of thiophene rings is 2. The van der Waals surface area contributed by atoms with Gasteiger partial charge >= 0.3 is 0 Å². The van der Waals surface area contributed by atoms with Crippen molar-refractivity contribution in [2.45, 2.75) is 69.2 Å². The molecule has 34 heavy (non-hydrogen) atoms. The summed E-state index contributed by atoms with van der Waals surface area (Å²) in [4.78, 5) is 7.58. The Labute approximate surface area is 218 Å². The Morgan fingerprint density at radius 2 is 0.735 bits per heavy atom. The molecule has 2 aromatic carbocycles. The smallest absolute Gasteiger partial charge is 0.0408 e. The summed E-state index contributed by atoms with van der Waals surface area (Å²) >= 11 is 3.68. The van der Waals surface area contributed by atoms with Crippen LogP contribution in [0, 0.1) is 13.8 Å². The Hall–Kier alpha value is -2.36. The first-order valence-electron chi connectivity index (χ1n) is 12.7. The number of hydrogen-bond acceptors (Lipinski definition) is 3. The van der Waals surface area contributed by atoms with Gasteiger partial charge in [0.1, 0.15) is 0 Å². The van der Waals surface area contributed by atoms with Gasteiger partial charge in [-0.25, -0.2) is 0 Å². The van der Waals surface area contributed by atoms with Gasteiger partial charge < -0.3 is 4.90 Å². The van der Waals surface area contributed by atoms with Crippen LogP contribution in [0.2, 0.25) is 0 Å². The molecule has 0 saturated heterocycles. The second kappa shape index (κ2) is 18.0. The van der Waals surface area contributed by atoms with Gasteiger partial charge in [-0.15, -0.1) is 22.7 Å². The average Bonchev–Trinajstić information content (AvgIpc) is 3.57. The Bertz CT molecular complexity index is 925. The van der Waals surface area contributed by atoms with Crippen molar-refractivity contribution in [2.75, 3.05) is 11.9 Å². The predicted octanol–water partition coefficient (Wildman–Crippen LogP) is 11.6. The molecule has 2 heterocycles. The SMILES string of the molecule is CC.CC.CC.CC.Cc1ccc(-c2ccc(N(C)c3ccc(-c4ccc(C)s4)cc3)cc2)s1. The Kier molecular flexibility index (Phi) is 16.8. The van der Waals surface area contributed by atoms with E-state index in [0.717, 1.165) is 0 Å². The second-order valence-corrected chi connectivity index (χ2v) is 9.05. The molecule has 0 bridgehead atoms. The van der Waals surface area contributed by atoms with Crippen LogP contribution < -0.4 is 4.90 Å². The molecule has 0 fully saturated rings. The van der Waals surface area contributed by atoms with Gasteiger partial charge in [-0.3, -0.25) is 0 Å². The van der Waals surface area contributed by atoms with E-state index in [1.807, 2.05) is 78.1 Å². The summed E-state index contributed by atoms with van der Waals surface area (Å²) < 4.78 is 0. The maximum Gasteiger partial charge on any atom is 0.0408 e. The molecule has 4 aromatic rings. The summed E-state index contributed by atoms with van der Waals surface area (Å²) in [5, 5.41) is 0. The first kappa shape index (κ1) is 31.6. The van der Waals surface area contributed by atoms with Crippen molar-refractivity contribution in [1.82, 2.24) is 0 Å². The minimum Gasteiger partial charge on any atom is -0.345 e. The summed E-state index contributed by atoms with van der Waals surface area (Å²) in [6.45, 7) is 20.3. The van der Waals surface area contributed by atoms with E-state index in [1.165, 1.54) is 42.0 Å². The van der Waals surface area contributed by atoms with E-state index in [1.54, 1.807) is 0 Å². The van der Waals surface area contributed by atoms with Crippen LogP contribution in [0.4, 0.5) is 11.4 Å². The van der Waals surface area contributed by atoms with Crippen LogP contribution in [0.1, 0.15) is 65.1 Å². The molecule has 0 radical (unpaired) electrons. The molecular formula is C31H45NS2. The normalized spacial score (nSPS) is 9.03. The van der Waals surface area contributed by atoms with Crippen LogP contribution in [0.5, 0.6) is 0 Å². The maximum absolute atomic E-state index is 2.23. The summed E-state index contributed by atoms with van der Waals surface area (Å²) in [7, 11) is 2.12. The maximum atomic E-state index is 2.23. The van der Waals surface area contributed by atoms with Crippen LogP contribution in [0.15, 0.2) is 72.8 Å². The third kappa shape index (κ3) is 9.12. The van der Waals surface area contributed by atoms with Crippen molar-refractivity contribution in [3.63, 3.8) is 0 Å². The van der Waals surface area contributed by atoms with E-state index in [2.05, 4.69) is 98.6 Å². The molecule has 0 amide bonds. The van der Waals surface area contributed by atoms with E-state index < -0.39 is 0 Å². The van der Waals surface area contributed by atoms with Crippen LogP contribution in [-0.2, 0) is 0 Å². The number of benzene rings is 2. The van der Waals surface area contributed by atoms with Crippen molar-refractivity contribution < 1.29 is 0 Å². The highest BCUT2D eigenvalue weighted by Gasteiger charge is 2.07. The highest BCUT2D eigenvalue weighted by atomic mass is 32.1. The molecule has 3 heteroatoms. The topological polar surface area (TPSA) is 3.24 Å². The standard InChI is InChI=1S/C23H21NS2.4C2H6/c1-16-4-14-22(25-16)18-6-10-20(11-7-18)24(3)21-12-8-19(9-13-21)23-15-5-17(2)26-23;4*1-2/h4-15H,1-3H3;4*1-2H3. The van der Waals surface area contributed by atoms with Crippen LogP contribution in [-0.4, -0.2) is 7.05 Å². The molecule has 4 rings (SSSR count). The van der Waals surface area contributed by atoms with Crippen molar-refractivity contribution in [3.8, 4) is 20.9 Å². The number of aryl methyl sites for hydroxylation is 2. The minimum atomic E-state index is 1.20. The fraction of sp³-hybridized carbons (Fsp3) is 0.355. The molecule has 1 nitrogen and oxygen atoms in total. The van der Waals surface area contributed by atoms with E-state index in [9.17, 15) is 0 Å². The van der Waals surface area contributed by atoms with Gasteiger partial charge in [0.25, 0.3) is 0 Å². The van der Waals surface area contributed by atoms with Gasteiger partial charge in [0, 0.05) is 37.9 Å². The van der Waals surface area contributed by atoms with E-state index >= 15 is 0 Å². The zero-order valence-electron chi connectivity index (χ0n) is 23.2. The summed E-state index contributed by atoms with van der Waals surface area (Å²) in [5.74, 6) is 0. The molecule has 2 aromatic heterocycles. The highest BCUT2D eigenvalue weighted by molar-refractivity contribution is 7.15. The van der Waals surface area contributed by atoms with Gasteiger partial charge in [0.15, 0.2) is 0 Å². The van der Waals surface area contributed by atoms with Gasteiger partial charge in [-0.05, 0) is 73.5 Å². The molecule has 0 atom stereocenters. The third-order valence-corrected chi connectivity index (χ3v) is 6.66. The molecule has 0 N–H and O–H groups in total. The number of rotatable bonds is 4. The summed E-state index contributed by atoms with van der Waals surface area (Å²) in [6.07, 6.45) is 0. The Morgan fingerprint density at radius 1 is 0.441 bits per heavy atom. The Balaban J connectivity index is 0.00000124. The zero-order valence-corrected chi connectivity index (χ0v) is 24.8. The quantitative estimate of drug-likeness (QED) is 0.272. The van der Waals surface area contributed by atoms with Crippen molar-refractivity contribution in [2.24, 2.45) is 0 Å². The van der Waals surface area contributed by atoms with Gasteiger partial charge in [0.2, 0.25) is 0 Å². The monoisotopic (exact) mass is 495 g/mol. The van der Waals surface area contributed by atoms with Gasteiger partial charge in [0.05, 0.1) is 0 Å². The number of hydrogen-bond donors (Lipinski definition) is 0. The first-order valence-corrected chi connectivity index (χ1v) is 14.3. The van der Waals surface area contributed by atoms with E-state index in [-0.39, 0.29) is 0 Å². The molecule has 0 aliphatic carbocycles. The second-order valence-electron chi connectivity index (χ2n) is 6.47. The zero-order chi connectivity index (χ0) is 26.1. The van der Waals surface area contributed by atoms with E-state index in [0.29, 0.717) is 0 Å². The lowest BCUT2D eigenvalue weighted by atomic mass is 10.1. The molecule has 0 saturated carbocycles. The molecule has 0 aliphatic heterocycles. The predicted molar refractivity (Wildman–Crippen MR) is 162 cm³/mol. The van der Waals surface area contributed by atoms with Crippen LogP contribution in [0.25, 0.3) is 20.9 Å². The average molecular weight is 496 g/mol. The van der Waals surface area contributed by atoms with Crippen molar-refractivity contribution in [3.05, 3.63) is 82.6 Å². The summed E-state index contributed by atoms with van der Waals surface area (Å²) in [6, 6.07) is 26.4. The van der Waals surface area contributed by atoms with E-state index in [4.69, 9.17) is 0 Å². The molecule has 0 spiro atoms. The largest absolute Gasteiger partial charge is 0.345 e. The minimum absolute atomic E-state index is 1.20. The summed E-state index contributed by atoms with van der Waals surface area (Å²) in [5.41, 5.74) is 4.95. The van der Waals surface area contributed by atoms with Gasteiger partial charge in [-0.2, -0.15) is 0 Å². The van der Waals surface area contributed by atoms with Crippen LogP contribution in [0.3, 0.4) is 0 Å². The number of anilines is 2. The fourth-order valence-electron chi connectivity index (χ4n) is 3.03. The molecule has 186 valence electrons. The lowest BCUT2D eigenvalue weighted by molar-refractivity contribution is 1.21. The molecule has 0 aliphatic rings. The first-order chi connectivity index (χ1) is 16.6. The van der Waals surface area contributed by atoms with Crippen LogP contribution >= 0.6 is 22.7 Å². The molecular weight excluding hydrogens is 450 g/mol. The third-order valence-electron chi connectivity index (χ3n) is 4.56. The Morgan fingerprint density at radius 3 is 0.971 bits per heavy atom. The highest BCUT2D eigenvalue weighted by Crippen LogP contribution is 2.33. The lowest BCUT2D eigenvalue weighted by Crippen LogP contribution is -2.08.